The van der Waals surface area contributed by atoms with Gasteiger partial charge in [0.05, 0.1) is 0 Å². The molecule has 2 aromatic carbocycles. The van der Waals surface area contributed by atoms with Gasteiger partial charge in [-0.3, -0.25) is 0 Å². The average molecular weight is 262 g/mol. The van der Waals surface area contributed by atoms with Crippen molar-refractivity contribution in [3.8, 4) is 5.75 Å². The molecule has 1 nitrogen and oxygen atoms in total. The highest BCUT2D eigenvalue weighted by molar-refractivity contribution is 7.89. The molecule has 0 bridgehead atoms. The van der Waals surface area contributed by atoms with Gasteiger partial charge >= 0.3 is 0 Å². The van der Waals surface area contributed by atoms with Crippen LogP contribution >= 0.6 is 12.4 Å². The minimum Gasteiger partial charge on any atom is -0.397 e. The highest BCUT2D eigenvalue weighted by Crippen LogP contribution is 2.32. The summed E-state index contributed by atoms with van der Waals surface area (Å²) in [4.78, 5) is 0. The van der Waals surface area contributed by atoms with Crippen LogP contribution in [0.15, 0.2) is 54.6 Å². The number of benzene rings is 2. The van der Waals surface area contributed by atoms with Crippen molar-refractivity contribution in [2.75, 3.05) is 0 Å². The van der Waals surface area contributed by atoms with Crippen molar-refractivity contribution in [2.45, 2.75) is 19.3 Å². The molecule has 0 aromatic heterocycles. The molecule has 0 heterocycles. The first kappa shape index (κ1) is 13.0. The van der Waals surface area contributed by atoms with Crippen molar-refractivity contribution < 1.29 is 8.07 Å². The van der Waals surface area contributed by atoms with Crippen LogP contribution in [0.1, 0.15) is 25.0 Å². The molecule has 0 amide bonds. The molecule has 0 aliphatic rings. The predicted molar refractivity (Wildman–Crippen MR) is 74.3 cm³/mol. The summed E-state index contributed by atoms with van der Waals surface area (Å²) in [7, 11) is 0. The van der Waals surface area contributed by atoms with Crippen LogP contribution in [0.5, 0.6) is 5.75 Å². The lowest BCUT2D eigenvalue weighted by molar-refractivity contribution is 0.605. The molecule has 0 saturated heterocycles. The molecular weight excluding hydrogens is 247 g/mol. The fourth-order valence-electron chi connectivity index (χ4n) is 1.99. The van der Waals surface area contributed by atoms with Gasteiger partial charge < -0.3 is 4.18 Å². The molecular formula is C15H15FOS. The molecule has 0 aliphatic heterocycles. The van der Waals surface area contributed by atoms with Crippen LogP contribution in [-0.2, 0) is 5.41 Å². The Kier molecular flexibility index (Phi) is 3.92. The molecule has 18 heavy (non-hydrogen) atoms. The zero-order valence-electron chi connectivity index (χ0n) is 10.4. The highest BCUT2D eigenvalue weighted by Gasteiger charge is 2.22. The Morgan fingerprint density at radius 3 is 2.00 bits per heavy atom. The summed E-state index contributed by atoms with van der Waals surface area (Å²) in [6.07, 6.45) is 0. The van der Waals surface area contributed by atoms with Crippen molar-refractivity contribution >= 4 is 12.4 Å². The minimum atomic E-state index is -0.136. The van der Waals surface area contributed by atoms with Gasteiger partial charge in [-0.15, -0.1) is 3.89 Å². The van der Waals surface area contributed by atoms with Crippen LogP contribution in [0.2, 0.25) is 0 Å². The van der Waals surface area contributed by atoms with Crippen molar-refractivity contribution in [1.29, 1.82) is 0 Å². The van der Waals surface area contributed by atoms with E-state index in [1.807, 2.05) is 30.3 Å². The number of rotatable bonds is 4. The van der Waals surface area contributed by atoms with E-state index in [0.717, 1.165) is 0 Å². The first-order valence-electron chi connectivity index (χ1n) is 5.76. The number of hydrogen-bond acceptors (Lipinski definition) is 2. The van der Waals surface area contributed by atoms with E-state index >= 15 is 0 Å². The van der Waals surface area contributed by atoms with Crippen LogP contribution < -0.4 is 4.18 Å². The Hall–Kier alpha value is -1.48. The molecule has 3 heteroatoms. The van der Waals surface area contributed by atoms with Gasteiger partial charge in [0, 0.05) is 5.41 Å². The van der Waals surface area contributed by atoms with E-state index in [4.69, 9.17) is 4.18 Å². The second kappa shape index (κ2) is 5.44. The third-order valence-corrected chi connectivity index (χ3v) is 3.45. The predicted octanol–water partition coefficient (Wildman–Crippen LogP) is 4.92. The SMILES string of the molecule is CC(C)(c1ccccc1)c1ccc(OSF)cc1. The van der Waals surface area contributed by atoms with Crippen molar-refractivity contribution in [2.24, 2.45) is 0 Å². The largest absolute Gasteiger partial charge is 0.397 e. The van der Waals surface area contributed by atoms with Gasteiger partial charge in [-0.1, -0.05) is 56.3 Å². The lowest BCUT2D eigenvalue weighted by Gasteiger charge is -2.26. The van der Waals surface area contributed by atoms with Crippen LogP contribution in [0, 0.1) is 0 Å². The topological polar surface area (TPSA) is 9.23 Å². The number of halogens is 1. The second-order valence-electron chi connectivity index (χ2n) is 4.66. The van der Waals surface area contributed by atoms with Crippen LogP contribution in [0.25, 0.3) is 0 Å². The standard InChI is InChI=1S/C15H15FOS/c1-15(2,12-6-4-3-5-7-12)13-8-10-14(11-9-13)17-18-16/h3-11H,1-2H3. The molecule has 2 rings (SSSR count). The summed E-state index contributed by atoms with van der Waals surface area (Å²) in [5, 5.41) is 0. The van der Waals surface area contributed by atoms with E-state index in [2.05, 4.69) is 26.0 Å². The van der Waals surface area contributed by atoms with Gasteiger partial charge in [-0.05, 0) is 23.3 Å². The summed E-state index contributed by atoms with van der Waals surface area (Å²) in [5.74, 6) is 0.523. The Morgan fingerprint density at radius 1 is 0.889 bits per heavy atom. The summed E-state index contributed by atoms with van der Waals surface area (Å²) in [6, 6.07) is 17.8. The van der Waals surface area contributed by atoms with E-state index in [0.29, 0.717) is 5.75 Å². The van der Waals surface area contributed by atoms with Gasteiger partial charge in [0.1, 0.15) is 5.75 Å². The zero-order valence-corrected chi connectivity index (χ0v) is 11.2. The molecule has 0 unspecified atom stereocenters. The maximum atomic E-state index is 12.0. The second-order valence-corrected chi connectivity index (χ2v) is 4.95. The minimum absolute atomic E-state index is 0.0807. The monoisotopic (exact) mass is 262 g/mol. The smallest absolute Gasteiger partial charge is 0.272 e. The van der Waals surface area contributed by atoms with Crippen LogP contribution in [-0.4, -0.2) is 0 Å². The third kappa shape index (κ3) is 2.67. The molecule has 94 valence electrons. The Labute approximate surface area is 111 Å². The van der Waals surface area contributed by atoms with Crippen molar-refractivity contribution in [3.63, 3.8) is 0 Å². The van der Waals surface area contributed by atoms with Crippen LogP contribution in [0.3, 0.4) is 0 Å². The third-order valence-electron chi connectivity index (χ3n) is 3.20. The van der Waals surface area contributed by atoms with Gasteiger partial charge in [0.2, 0.25) is 0 Å². The Bertz CT molecular complexity index is 494. The van der Waals surface area contributed by atoms with Gasteiger partial charge in [-0.25, -0.2) is 0 Å². The molecule has 0 N–H and O–H groups in total. The first-order chi connectivity index (χ1) is 8.64. The van der Waals surface area contributed by atoms with Crippen molar-refractivity contribution in [3.05, 3.63) is 65.7 Å². The lowest BCUT2D eigenvalue weighted by Crippen LogP contribution is -2.18. The van der Waals surface area contributed by atoms with Gasteiger partial charge in [0.25, 0.3) is 12.4 Å². The quantitative estimate of drug-likeness (QED) is 0.723. The molecule has 0 saturated carbocycles. The van der Waals surface area contributed by atoms with E-state index in [1.54, 1.807) is 12.1 Å². The summed E-state index contributed by atoms with van der Waals surface area (Å²) >= 11 is -0.136. The molecule has 2 aromatic rings. The van der Waals surface area contributed by atoms with Crippen LogP contribution in [0.4, 0.5) is 3.89 Å². The Balaban J connectivity index is 2.30. The van der Waals surface area contributed by atoms with Gasteiger partial charge in [-0.2, -0.15) is 0 Å². The molecule has 0 spiro atoms. The Morgan fingerprint density at radius 2 is 1.44 bits per heavy atom. The molecule has 0 atom stereocenters. The molecule has 0 fully saturated rings. The van der Waals surface area contributed by atoms with Gasteiger partial charge in [0.15, 0.2) is 0 Å². The first-order valence-corrected chi connectivity index (χ1v) is 6.40. The van der Waals surface area contributed by atoms with E-state index in [-0.39, 0.29) is 17.8 Å². The maximum absolute atomic E-state index is 12.0. The number of hydrogen-bond donors (Lipinski definition) is 0. The zero-order chi connectivity index (χ0) is 13.0. The molecule has 0 radical (unpaired) electrons. The fourth-order valence-corrected chi connectivity index (χ4v) is 2.17. The normalized spacial score (nSPS) is 11.3. The highest BCUT2D eigenvalue weighted by atomic mass is 32.2. The summed E-state index contributed by atoms with van der Waals surface area (Å²) in [6.45, 7) is 4.34. The fraction of sp³-hybridized carbons (Fsp3) is 0.200. The lowest BCUT2D eigenvalue weighted by atomic mass is 9.78. The van der Waals surface area contributed by atoms with E-state index < -0.39 is 0 Å². The van der Waals surface area contributed by atoms with E-state index in [1.165, 1.54) is 11.1 Å². The molecule has 0 aliphatic carbocycles. The summed E-state index contributed by atoms with van der Waals surface area (Å²) in [5.41, 5.74) is 2.34. The summed E-state index contributed by atoms with van der Waals surface area (Å²) < 4.78 is 16.7. The maximum Gasteiger partial charge on any atom is 0.272 e. The van der Waals surface area contributed by atoms with E-state index in [9.17, 15) is 3.89 Å². The average Bonchev–Trinajstić information content (AvgIpc) is 2.41. The van der Waals surface area contributed by atoms with Crippen molar-refractivity contribution in [1.82, 2.24) is 0 Å².